The van der Waals surface area contributed by atoms with Crippen LogP contribution in [0.5, 0.6) is 5.75 Å². The van der Waals surface area contributed by atoms with Gasteiger partial charge in [0.1, 0.15) is 5.75 Å². The molecular weight excluding hydrogens is 296 g/mol. The highest BCUT2D eigenvalue weighted by Crippen LogP contribution is 2.14. The van der Waals surface area contributed by atoms with Crippen LogP contribution in [-0.2, 0) is 6.54 Å². The van der Waals surface area contributed by atoms with Crippen LogP contribution in [0.2, 0.25) is 0 Å². The number of nitrogens with zero attached hydrogens (tertiary/aromatic N) is 1. The lowest BCUT2D eigenvalue weighted by Gasteiger charge is -2.07. The summed E-state index contributed by atoms with van der Waals surface area (Å²) in [6, 6.07) is 13.0. The second-order valence-electron chi connectivity index (χ2n) is 4.98. The summed E-state index contributed by atoms with van der Waals surface area (Å²) >= 11 is 0. The molecule has 0 aliphatic carbocycles. The number of nitrogens with one attached hydrogen (secondary N) is 1. The molecule has 0 bridgehead atoms. The number of ether oxygens (including phenoxy) is 1. The molecule has 23 heavy (non-hydrogen) atoms. The minimum absolute atomic E-state index is 0.0378. The molecule has 0 aliphatic heterocycles. The van der Waals surface area contributed by atoms with Crippen molar-refractivity contribution in [3.8, 4) is 5.75 Å². The molecule has 1 N–H and O–H groups in total. The second kappa shape index (κ2) is 7.93. The molecule has 6 heteroatoms. The third-order valence-corrected chi connectivity index (χ3v) is 3.19. The molecule has 0 saturated heterocycles. The lowest BCUT2D eigenvalue weighted by Crippen LogP contribution is -2.22. The number of nitro groups is 1. The average Bonchev–Trinajstić information content (AvgIpc) is 2.58. The highest BCUT2D eigenvalue weighted by molar-refractivity contribution is 5.94. The normalized spacial score (nSPS) is 10.1. The van der Waals surface area contributed by atoms with Gasteiger partial charge in [-0.3, -0.25) is 14.9 Å². The quantitative estimate of drug-likeness (QED) is 0.628. The van der Waals surface area contributed by atoms with E-state index in [1.165, 1.54) is 24.3 Å². The van der Waals surface area contributed by atoms with Gasteiger partial charge in [-0.1, -0.05) is 19.1 Å². The minimum Gasteiger partial charge on any atom is -0.494 e. The van der Waals surface area contributed by atoms with E-state index >= 15 is 0 Å². The Kier molecular flexibility index (Phi) is 5.68. The fraction of sp³-hybridized carbons (Fsp3) is 0.235. The minimum atomic E-state index is -0.496. The SMILES string of the molecule is CCCOc1ccc(CNC(=O)c2ccc([N+](=O)[O-])cc2)cc1. The van der Waals surface area contributed by atoms with E-state index in [4.69, 9.17) is 4.74 Å². The Hall–Kier alpha value is -2.89. The predicted molar refractivity (Wildman–Crippen MR) is 86.5 cm³/mol. The Morgan fingerprint density at radius 1 is 1.13 bits per heavy atom. The molecule has 2 aromatic carbocycles. The van der Waals surface area contributed by atoms with E-state index < -0.39 is 4.92 Å². The summed E-state index contributed by atoms with van der Waals surface area (Å²) < 4.78 is 5.49. The molecule has 0 radical (unpaired) electrons. The molecule has 120 valence electrons. The van der Waals surface area contributed by atoms with Crippen molar-refractivity contribution in [1.82, 2.24) is 5.32 Å². The average molecular weight is 314 g/mol. The summed E-state index contributed by atoms with van der Waals surface area (Å²) in [6.07, 6.45) is 0.951. The standard InChI is InChI=1S/C17H18N2O4/c1-2-11-23-16-9-3-13(4-10-16)12-18-17(20)14-5-7-15(8-6-14)19(21)22/h3-10H,2,11-12H2,1H3,(H,18,20). The van der Waals surface area contributed by atoms with Gasteiger partial charge in [0.15, 0.2) is 0 Å². The number of benzene rings is 2. The van der Waals surface area contributed by atoms with Gasteiger partial charge in [-0.05, 0) is 36.2 Å². The molecule has 2 aromatic rings. The summed E-state index contributed by atoms with van der Waals surface area (Å²) in [5.41, 5.74) is 1.30. The molecule has 0 aromatic heterocycles. The van der Waals surface area contributed by atoms with Crippen LogP contribution in [0.4, 0.5) is 5.69 Å². The zero-order valence-electron chi connectivity index (χ0n) is 12.8. The first-order valence-electron chi connectivity index (χ1n) is 7.34. The maximum Gasteiger partial charge on any atom is 0.269 e. The Balaban J connectivity index is 1.89. The first kappa shape index (κ1) is 16.5. The molecule has 0 atom stereocenters. The van der Waals surface area contributed by atoms with E-state index in [0.717, 1.165) is 17.7 Å². The molecule has 0 aliphatic rings. The van der Waals surface area contributed by atoms with Crippen LogP contribution in [-0.4, -0.2) is 17.4 Å². The lowest BCUT2D eigenvalue weighted by atomic mass is 10.1. The van der Waals surface area contributed by atoms with Gasteiger partial charge in [0.25, 0.3) is 11.6 Å². The van der Waals surface area contributed by atoms with Crippen LogP contribution >= 0.6 is 0 Å². The number of hydrogen-bond donors (Lipinski definition) is 1. The van der Waals surface area contributed by atoms with Gasteiger partial charge in [-0.2, -0.15) is 0 Å². The van der Waals surface area contributed by atoms with E-state index in [2.05, 4.69) is 5.32 Å². The number of carbonyl (C=O) groups is 1. The summed E-state index contributed by atoms with van der Waals surface area (Å²) in [5, 5.41) is 13.4. The molecular formula is C17H18N2O4. The Morgan fingerprint density at radius 2 is 1.78 bits per heavy atom. The summed E-state index contributed by atoms with van der Waals surface area (Å²) in [7, 11) is 0. The number of non-ortho nitro benzene ring substituents is 1. The first-order valence-corrected chi connectivity index (χ1v) is 7.34. The molecule has 0 saturated carbocycles. The number of nitro benzene ring substituents is 1. The van der Waals surface area contributed by atoms with Crippen LogP contribution < -0.4 is 10.1 Å². The van der Waals surface area contributed by atoms with E-state index in [-0.39, 0.29) is 11.6 Å². The number of carbonyl (C=O) groups excluding carboxylic acids is 1. The largest absolute Gasteiger partial charge is 0.494 e. The van der Waals surface area contributed by atoms with Gasteiger partial charge in [-0.15, -0.1) is 0 Å². The van der Waals surface area contributed by atoms with Crippen LogP contribution in [0, 0.1) is 10.1 Å². The molecule has 2 rings (SSSR count). The summed E-state index contributed by atoms with van der Waals surface area (Å²) in [6.45, 7) is 3.10. The van der Waals surface area contributed by atoms with Crippen molar-refractivity contribution >= 4 is 11.6 Å². The van der Waals surface area contributed by atoms with Gasteiger partial charge < -0.3 is 10.1 Å². The second-order valence-corrected chi connectivity index (χ2v) is 4.98. The Morgan fingerprint density at radius 3 is 2.35 bits per heavy atom. The van der Waals surface area contributed by atoms with E-state index in [1.54, 1.807) is 0 Å². The van der Waals surface area contributed by atoms with E-state index in [9.17, 15) is 14.9 Å². The van der Waals surface area contributed by atoms with Crippen molar-refractivity contribution in [3.05, 3.63) is 69.8 Å². The van der Waals surface area contributed by atoms with Gasteiger partial charge in [0.05, 0.1) is 11.5 Å². The van der Waals surface area contributed by atoms with Crippen molar-refractivity contribution in [2.45, 2.75) is 19.9 Å². The highest BCUT2D eigenvalue weighted by atomic mass is 16.6. The zero-order chi connectivity index (χ0) is 16.7. The first-order chi connectivity index (χ1) is 11.1. The van der Waals surface area contributed by atoms with E-state index in [1.807, 2.05) is 31.2 Å². The van der Waals surface area contributed by atoms with Gasteiger partial charge >= 0.3 is 0 Å². The van der Waals surface area contributed by atoms with Gasteiger partial charge in [-0.25, -0.2) is 0 Å². The third-order valence-electron chi connectivity index (χ3n) is 3.19. The van der Waals surface area contributed by atoms with Crippen molar-refractivity contribution in [1.29, 1.82) is 0 Å². The van der Waals surface area contributed by atoms with Crippen LogP contribution in [0.25, 0.3) is 0 Å². The van der Waals surface area contributed by atoms with E-state index in [0.29, 0.717) is 18.7 Å². The third kappa shape index (κ3) is 4.81. The van der Waals surface area contributed by atoms with Gasteiger partial charge in [0, 0.05) is 24.2 Å². The molecule has 1 amide bonds. The van der Waals surface area contributed by atoms with Crippen LogP contribution in [0.3, 0.4) is 0 Å². The lowest BCUT2D eigenvalue weighted by molar-refractivity contribution is -0.384. The van der Waals surface area contributed by atoms with Crippen molar-refractivity contribution in [2.75, 3.05) is 6.61 Å². The molecule has 0 heterocycles. The number of rotatable bonds is 7. The zero-order valence-corrected chi connectivity index (χ0v) is 12.8. The maximum atomic E-state index is 12.0. The number of amides is 1. The molecule has 0 fully saturated rings. The summed E-state index contributed by atoms with van der Waals surface area (Å²) in [4.78, 5) is 22.1. The van der Waals surface area contributed by atoms with Crippen molar-refractivity contribution in [3.63, 3.8) is 0 Å². The highest BCUT2D eigenvalue weighted by Gasteiger charge is 2.09. The smallest absolute Gasteiger partial charge is 0.269 e. The molecule has 0 unspecified atom stereocenters. The Bertz CT molecular complexity index is 666. The van der Waals surface area contributed by atoms with Crippen molar-refractivity contribution in [2.24, 2.45) is 0 Å². The predicted octanol–water partition coefficient (Wildman–Crippen LogP) is 3.31. The van der Waals surface area contributed by atoms with Crippen LogP contribution in [0.1, 0.15) is 29.3 Å². The summed E-state index contributed by atoms with van der Waals surface area (Å²) in [5.74, 6) is 0.531. The maximum absolute atomic E-state index is 12.0. The topological polar surface area (TPSA) is 81.5 Å². The van der Waals surface area contributed by atoms with Crippen LogP contribution in [0.15, 0.2) is 48.5 Å². The molecule has 0 spiro atoms. The molecule has 6 nitrogen and oxygen atoms in total. The number of hydrogen-bond acceptors (Lipinski definition) is 4. The van der Waals surface area contributed by atoms with Crippen molar-refractivity contribution < 1.29 is 14.5 Å². The monoisotopic (exact) mass is 314 g/mol. The van der Waals surface area contributed by atoms with Gasteiger partial charge in [0.2, 0.25) is 0 Å². The Labute approximate surface area is 134 Å². The fourth-order valence-corrected chi connectivity index (χ4v) is 1.94. The fourth-order valence-electron chi connectivity index (χ4n) is 1.94.